The summed E-state index contributed by atoms with van der Waals surface area (Å²) in [5.74, 6) is 2.63. The molecule has 0 aliphatic carbocycles. The molecule has 0 radical (unpaired) electrons. The molecule has 0 bridgehead atoms. The molecular weight excluding hydrogens is 400 g/mol. The van der Waals surface area contributed by atoms with E-state index >= 15 is 0 Å². The van der Waals surface area contributed by atoms with E-state index in [4.69, 9.17) is 13.9 Å². The van der Waals surface area contributed by atoms with Crippen LogP contribution in [0.25, 0.3) is 11.5 Å². The SMILES string of the molecule is O=C1CCCN1CCCNc1ncccc1-c1nnc(Nc2ccc3c(c2)OCO3)o1. The van der Waals surface area contributed by atoms with Gasteiger partial charge in [0.2, 0.25) is 12.7 Å². The van der Waals surface area contributed by atoms with Crippen molar-refractivity contribution in [3.05, 3.63) is 36.5 Å². The molecule has 2 aliphatic heterocycles. The number of aromatic nitrogens is 3. The molecule has 0 unspecified atom stereocenters. The van der Waals surface area contributed by atoms with Gasteiger partial charge in [-0.05, 0) is 37.1 Å². The maximum Gasteiger partial charge on any atom is 0.320 e. The van der Waals surface area contributed by atoms with Gasteiger partial charge in [0, 0.05) is 44.0 Å². The Balaban J connectivity index is 1.22. The number of fused-ring (bicyclic) bond motifs is 1. The Morgan fingerprint density at radius 1 is 1.13 bits per heavy atom. The van der Waals surface area contributed by atoms with Crippen molar-refractivity contribution in [2.24, 2.45) is 0 Å². The lowest BCUT2D eigenvalue weighted by Crippen LogP contribution is -2.27. The minimum Gasteiger partial charge on any atom is -0.454 e. The Hall–Kier alpha value is -3.82. The summed E-state index contributed by atoms with van der Waals surface area (Å²) >= 11 is 0. The second kappa shape index (κ2) is 8.50. The van der Waals surface area contributed by atoms with Crippen molar-refractivity contribution in [3.63, 3.8) is 0 Å². The lowest BCUT2D eigenvalue weighted by atomic mass is 10.2. The second-order valence-corrected chi connectivity index (χ2v) is 7.27. The molecule has 1 aromatic carbocycles. The third kappa shape index (κ3) is 4.23. The lowest BCUT2D eigenvalue weighted by Gasteiger charge is -2.15. The highest BCUT2D eigenvalue weighted by atomic mass is 16.7. The van der Waals surface area contributed by atoms with E-state index < -0.39 is 0 Å². The van der Waals surface area contributed by atoms with Crippen LogP contribution in [0.15, 0.2) is 40.9 Å². The third-order valence-electron chi connectivity index (χ3n) is 5.16. The number of hydrogen-bond acceptors (Lipinski definition) is 9. The van der Waals surface area contributed by atoms with Gasteiger partial charge in [-0.1, -0.05) is 5.10 Å². The first-order valence-electron chi connectivity index (χ1n) is 10.2. The van der Waals surface area contributed by atoms with Crippen LogP contribution in [0.4, 0.5) is 17.5 Å². The van der Waals surface area contributed by atoms with Gasteiger partial charge in [0.25, 0.3) is 5.89 Å². The maximum atomic E-state index is 11.7. The first kappa shape index (κ1) is 19.2. The molecule has 2 aromatic heterocycles. The number of ether oxygens (including phenoxy) is 2. The van der Waals surface area contributed by atoms with Crippen LogP contribution in [-0.2, 0) is 4.79 Å². The molecule has 2 aliphatic rings. The zero-order valence-corrected chi connectivity index (χ0v) is 16.8. The van der Waals surface area contributed by atoms with Crippen LogP contribution < -0.4 is 20.1 Å². The van der Waals surface area contributed by atoms with E-state index in [0.29, 0.717) is 41.7 Å². The van der Waals surface area contributed by atoms with Crippen molar-refractivity contribution < 1.29 is 18.7 Å². The van der Waals surface area contributed by atoms with E-state index in [1.165, 1.54) is 0 Å². The first-order chi connectivity index (χ1) is 15.3. The fourth-order valence-corrected chi connectivity index (χ4v) is 3.62. The van der Waals surface area contributed by atoms with Gasteiger partial charge < -0.3 is 29.4 Å². The highest BCUT2D eigenvalue weighted by Gasteiger charge is 2.19. The fourth-order valence-electron chi connectivity index (χ4n) is 3.62. The highest BCUT2D eigenvalue weighted by molar-refractivity contribution is 5.78. The minimum atomic E-state index is 0.217. The molecule has 0 spiro atoms. The summed E-state index contributed by atoms with van der Waals surface area (Å²) in [4.78, 5) is 18.0. The van der Waals surface area contributed by atoms with Gasteiger partial charge in [-0.15, -0.1) is 5.10 Å². The van der Waals surface area contributed by atoms with Gasteiger partial charge >= 0.3 is 6.01 Å². The van der Waals surface area contributed by atoms with Crippen molar-refractivity contribution in [2.75, 3.05) is 37.1 Å². The molecule has 1 saturated heterocycles. The number of carbonyl (C=O) groups excluding carboxylic acids is 1. The summed E-state index contributed by atoms with van der Waals surface area (Å²) in [6.45, 7) is 2.51. The van der Waals surface area contributed by atoms with E-state index in [1.54, 1.807) is 6.20 Å². The van der Waals surface area contributed by atoms with E-state index in [1.807, 2.05) is 35.2 Å². The van der Waals surface area contributed by atoms with Crippen LogP contribution >= 0.6 is 0 Å². The normalized spacial score (nSPS) is 14.8. The maximum absolute atomic E-state index is 11.7. The molecule has 4 heterocycles. The van der Waals surface area contributed by atoms with Crippen molar-refractivity contribution in [3.8, 4) is 23.0 Å². The number of benzene rings is 1. The largest absolute Gasteiger partial charge is 0.454 e. The molecule has 160 valence electrons. The minimum absolute atomic E-state index is 0.217. The molecule has 1 amide bonds. The summed E-state index contributed by atoms with van der Waals surface area (Å²) in [5.41, 5.74) is 1.46. The van der Waals surface area contributed by atoms with Crippen molar-refractivity contribution in [1.82, 2.24) is 20.1 Å². The number of nitrogens with one attached hydrogen (secondary N) is 2. The van der Waals surface area contributed by atoms with Crippen LogP contribution in [0, 0.1) is 0 Å². The monoisotopic (exact) mass is 422 g/mol. The van der Waals surface area contributed by atoms with Gasteiger partial charge in [-0.25, -0.2) is 4.98 Å². The van der Waals surface area contributed by atoms with Crippen LogP contribution in [0.1, 0.15) is 19.3 Å². The molecule has 10 heteroatoms. The van der Waals surface area contributed by atoms with E-state index in [-0.39, 0.29) is 18.7 Å². The second-order valence-electron chi connectivity index (χ2n) is 7.27. The van der Waals surface area contributed by atoms with E-state index in [9.17, 15) is 4.79 Å². The van der Waals surface area contributed by atoms with E-state index in [2.05, 4.69) is 25.8 Å². The number of rotatable bonds is 8. The van der Waals surface area contributed by atoms with Gasteiger partial charge in [0.05, 0.1) is 5.56 Å². The predicted octanol–water partition coefficient (Wildman–Crippen LogP) is 3.03. The number of pyridine rings is 1. The molecule has 2 N–H and O–H groups in total. The van der Waals surface area contributed by atoms with Gasteiger partial charge in [-0.3, -0.25) is 4.79 Å². The average molecular weight is 422 g/mol. The third-order valence-corrected chi connectivity index (χ3v) is 5.16. The molecular formula is C21H22N6O4. The number of carbonyl (C=O) groups is 1. The standard InChI is InChI=1S/C21H22N6O4/c28-18-5-2-10-27(18)11-3-9-23-19-15(4-1-8-22-19)20-25-26-21(31-20)24-14-6-7-16-17(12-14)30-13-29-16/h1,4,6-8,12H,2-3,5,9-11,13H2,(H,22,23)(H,24,26). The van der Waals surface area contributed by atoms with Crippen molar-refractivity contribution >= 4 is 23.4 Å². The van der Waals surface area contributed by atoms with Crippen LogP contribution in [0.5, 0.6) is 11.5 Å². The molecule has 31 heavy (non-hydrogen) atoms. The predicted molar refractivity (Wildman–Crippen MR) is 112 cm³/mol. The summed E-state index contributed by atoms with van der Waals surface area (Å²) in [6, 6.07) is 9.43. The molecule has 10 nitrogen and oxygen atoms in total. The molecule has 1 fully saturated rings. The molecule has 0 atom stereocenters. The van der Waals surface area contributed by atoms with Gasteiger partial charge in [0.1, 0.15) is 5.82 Å². The first-order valence-corrected chi connectivity index (χ1v) is 10.2. The Bertz CT molecular complexity index is 1090. The number of hydrogen-bond donors (Lipinski definition) is 2. The quantitative estimate of drug-likeness (QED) is 0.529. The number of nitrogens with zero attached hydrogens (tertiary/aromatic N) is 4. The zero-order valence-electron chi connectivity index (χ0n) is 16.8. The van der Waals surface area contributed by atoms with Gasteiger partial charge in [0.15, 0.2) is 11.5 Å². The van der Waals surface area contributed by atoms with Gasteiger partial charge in [-0.2, -0.15) is 0 Å². The zero-order chi connectivity index (χ0) is 21.0. The molecule has 5 rings (SSSR count). The Morgan fingerprint density at radius 2 is 2.06 bits per heavy atom. The number of amides is 1. The summed E-state index contributed by atoms with van der Waals surface area (Å²) in [6.07, 6.45) is 4.16. The molecule has 0 saturated carbocycles. The Labute approximate surface area is 178 Å². The fraction of sp³-hybridized carbons (Fsp3) is 0.333. The molecule has 3 aromatic rings. The average Bonchev–Trinajstić information content (AvgIpc) is 3.53. The number of likely N-dealkylation sites (tertiary alicyclic amines) is 1. The van der Waals surface area contributed by atoms with Crippen molar-refractivity contribution in [1.29, 1.82) is 0 Å². The van der Waals surface area contributed by atoms with E-state index in [0.717, 1.165) is 31.6 Å². The highest BCUT2D eigenvalue weighted by Crippen LogP contribution is 2.35. The number of anilines is 3. The smallest absolute Gasteiger partial charge is 0.320 e. The lowest BCUT2D eigenvalue weighted by molar-refractivity contribution is -0.127. The van der Waals surface area contributed by atoms with Crippen LogP contribution in [-0.4, -0.2) is 52.4 Å². The Kier molecular flexibility index (Phi) is 5.26. The summed E-state index contributed by atoms with van der Waals surface area (Å²) < 4.78 is 16.5. The Morgan fingerprint density at radius 3 is 2.97 bits per heavy atom. The topological polar surface area (TPSA) is 115 Å². The van der Waals surface area contributed by atoms with Crippen LogP contribution in [0.2, 0.25) is 0 Å². The summed E-state index contributed by atoms with van der Waals surface area (Å²) in [5, 5.41) is 14.6. The van der Waals surface area contributed by atoms with Crippen molar-refractivity contribution in [2.45, 2.75) is 19.3 Å². The van der Waals surface area contributed by atoms with Crippen LogP contribution in [0.3, 0.4) is 0 Å². The summed E-state index contributed by atoms with van der Waals surface area (Å²) in [7, 11) is 0.